The average molecular weight is 331 g/mol. The van der Waals surface area contributed by atoms with Gasteiger partial charge in [-0.05, 0) is 41.3 Å². The number of nitrogens with two attached hydrogens (primary N) is 2. The molecule has 6 heteroatoms. The minimum absolute atomic E-state index is 0.0213. The first-order chi connectivity index (χ1) is 10.9. The zero-order valence-electron chi connectivity index (χ0n) is 13.1. The minimum atomic E-state index is -3.87. The summed E-state index contributed by atoms with van der Waals surface area (Å²) in [5.41, 5.74) is 10.4. The Hall–Kier alpha value is -1.89. The number of nitrogens with zero attached hydrogens (tertiary/aromatic N) is 1. The second-order valence-electron chi connectivity index (χ2n) is 5.82. The van der Waals surface area contributed by atoms with Gasteiger partial charge in [-0.2, -0.15) is 0 Å². The SMILES string of the molecule is CCN1CCc2c(-c3ccccc3)cc(S(N)(=O)=O)c(N)c2C1. The Morgan fingerprint density at radius 2 is 1.87 bits per heavy atom. The number of hydrogen-bond donors (Lipinski definition) is 2. The molecule has 0 aromatic heterocycles. The lowest BCUT2D eigenvalue weighted by atomic mass is 9.89. The van der Waals surface area contributed by atoms with Gasteiger partial charge in [-0.25, -0.2) is 13.6 Å². The Balaban J connectivity index is 2.28. The van der Waals surface area contributed by atoms with Crippen LogP contribution in [0.1, 0.15) is 18.1 Å². The highest BCUT2D eigenvalue weighted by Gasteiger charge is 2.26. The highest BCUT2D eigenvalue weighted by atomic mass is 32.2. The molecule has 3 rings (SSSR count). The van der Waals surface area contributed by atoms with Gasteiger partial charge in [0, 0.05) is 13.1 Å². The summed E-state index contributed by atoms with van der Waals surface area (Å²) in [6.07, 6.45) is 0.850. The number of benzene rings is 2. The van der Waals surface area contributed by atoms with Crippen molar-refractivity contribution in [2.45, 2.75) is 24.8 Å². The Labute approximate surface area is 137 Å². The van der Waals surface area contributed by atoms with E-state index in [0.29, 0.717) is 12.2 Å². The second kappa shape index (κ2) is 5.96. The van der Waals surface area contributed by atoms with E-state index in [-0.39, 0.29) is 4.90 Å². The molecule has 0 aliphatic carbocycles. The predicted molar refractivity (Wildman–Crippen MR) is 92.3 cm³/mol. The van der Waals surface area contributed by atoms with Gasteiger partial charge in [-0.15, -0.1) is 0 Å². The van der Waals surface area contributed by atoms with Crippen molar-refractivity contribution in [3.05, 3.63) is 47.5 Å². The third-order valence-electron chi connectivity index (χ3n) is 4.45. The van der Waals surface area contributed by atoms with Crippen LogP contribution in [0, 0.1) is 0 Å². The molecular weight excluding hydrogens is 310 g/mol. The maximum atomic E-state index is 12.0. The van der Waals surface area contributed by atoms with Crippen LogP contribution < -0.4 is 10.9 Å². The smallest absolute Gasteiger partial charge is 0.240 e. The van der Waals surface area contributed by atoms with Crippen molar-refractivity contribution in [3.63, 3.8) is 0 Å². The molecule has 23 heavy (non-hydrogen) atoms. The molecule has 122 valence electrons. The normalized spacial score (nSPS) is 15.4. The fourth-order valence-corrected chi connectivity index (χ4v) is 3.90. The number of hydrogen-bond acceptors (Lipinski definition) is 4. The van der Waals surface area contributed by atoms with E-state index in [0.717, 1.165) is 41.8 Å². The second-order valence-corrected chi connectivity index (χ2v) is 7.35. The first-order valence-electron chi connectivity index (χ1n) is 7.66. The summed E-state index contributed by atoms with van der Waals surface area (Å²) in [6.45, 7) is 4.58. The monoisotopic (exact) mass is 331 g/mol. The molecule has 2 aromatic rings. The summed E-state index contributed by atoms with van der Waals surface area (Å²) in [5.74, 6) is 0. The molecular formula is C17H21N3O2S. The van der Waals surface area contributed by atoms with Gasteiger partial charge in [-0.1, -0.05) is 37.3 Å². The zero-order chi connectivity index (χ0) is 16.6. The topological polar surface area (TPSA) is 89.4 Å². The average Bonchev–Trinajstić information content (AvgIpc) is 2.54. The van der Waals surface area contributed by atoms with Gasteiger partial charge in [0.1, 0.15) is 4.90 Å². The largest absolute Gasteiger partial charge is 0.397 e. The quantitative estimate of drug-likeness (QED) is 0.841. The molecule has 0 unspecified atom stereocenters. The molecule has 0 fully saturated rings. The lowest BCUT2D eigenvalue weighted by molar-refractivity contribution is 0.269. The first kappa shape index (κ1) is 16.0. The summed E-state index contributed by atoms with van der Waals surface area (Å²) in [7, 11) is -3.87. The van der Waals surface area contributed by atoms with Gasteiger partial charge >= 0.3 is 0 Å². The third-order valence-corrected chi connectivity index (χ3v) is 5.40. The van der Waals surface area contributed by atoms with E-state index < -0.39 is 10.0 Å². The predicted octanol–water partition coefficient (Wildman–Crippen LogP) is 1.96. The van der Waals surface area contributed by atoms with Crippen LogP contribution in [0.25, 0.3) is 11.1 Å². The molecule has 0 amide bonds. The molecule has 0 saturated carbocycles. The number of likely N-dealkylation sites (N-methyl/N-ethyl adjacent to an activating group) is 1. The molecule has 4 N–H and O–H groups in total. The van der Waals surface area contributed by atoms with Crippen molar-refractivity contribution in [2.75, 3.05) is 18.8 Å². The Bertz CT molecular complexity index is 833. The lowest BCUT2D eigenvalue weighted by Gasteiger charge is -2.31. The summed E-state index contributed by atoms with van der Waals surface area (Å²) in [4.78, 5) is 2.27. The fraction of sp³-hybridized carbons (Fsp3) is 0.294. The van der Waals surface area contributed by atoms with Gasteiger partial charge in [0.05, 0.1) is 5.69 Å². The van der Waals surface area contributed by atoms with Crippen LogP contribution in [0.2, 0.25) is 0 Å². The zero-order valence-corrected chi connectivity index (χ0v) is 13.9. The number of sulfonamides is 1. The van der Waals surface area contributed by atoms with Crippen molar-refractivity contribution < 1.29 is 8.42 Å². The van der Waals surface area contributed by atoms with Crippen LogP contribution in [0.15, 0.2) is 41.3 Å². The summed E-state index contributed by atoms with van der Waals surface area (Å²) < 4.78 is 23.9. The van der Waals surface area contributed by atoms with E-state index in [4.69, 9.17) is 10.9 Å². The molecule has 2 aromatic carbocycles. The lowest BCUT2D eigenvalue weighted by Crippen LogP contribution is -2.32. The number of anilines is 1. The van der Waals surface area contributed by atoms with Gasteiger partial charge in [-0.3, -0.25) is 4.90 Å². The third kappa shape index (κ3) is 2.97. The van der Waals surface area contributed by atoms with Crippen molar-refractivity contribution in [1.29, 1.82) is 0 Å². The highest BCUT2D eigenvalue weighted by molar-refractivity contribution is 7.89. The van der Waals surface area contributed by atoms with Gasteiger partial charge < -0.3 is 5.73 Å². The maximum Gasteiger partial charge on any atom is 0.240 e. The van der Waals surface area contributed by atoms with Crippen LogP contribution in [0.4, 0.5) is 5.69 Å². The van der Waals surface area contributed by atoms with E-state index in [1.54, 1.807) is 6.07 Å². The van der Waals surface area contributed by atoms with Crippen LogP contribution in [-0.2, 0) is 23.0 Å². The molecule has 1 aliphatic heterocycles. The van der Waals surface area contributed by atoms with Crippen LogP contribution in [0.5, 0.6) is 0 Å². The van der Waals surface area contributed by atoms with Crippen molar-refractivity contribution in [3.8, 4) is 11.1 Å². The van der Waals surface area contributed by atoms with Gasteiger partial charge in [0.15, 0.2) is 0 Å². The van der Waals surface area contributed by atoms with E-state index in [1.165, 1.54) is 0 Å². The Morgan fingerprint density at radius 3 is 2.48 bits per heavy atom. The fourth-order valence-electron chi connectivity index (χ4n) is 3.19. The number of nitrogen functional groups attached to an aromatic ring is 1. The Kier molecular flexibility index (Phi) is 4.14. The standard InChI is InChI=1S/C17H21N3O2S/c1-2-20-9-8-13-14(12-6-4-3-5-7-12)10-16(23(19,21)22)17(18)15(13)11-20/h3-7,10H,2,8-9,11,18H2,1H3,(H2,19,21,22). The van der Waals surface area contributed by atoms with E-state index >= 15 is 0 Å². The maximum absolute atomic E-state index is 12.0. The molecule has 0 saturated heterocycles. The number of primary sulfonamides is 1. The number of fused-ring (bicyclic) bond motifs is 1. The molecule has 5 nitrogen and oxygen atoms in total. The van der Waals surface area contributed by atoms with E-state index in [9.17, 15) is 8.42 Å². The molecule has 0 atom stereocenters. The molecule has 0 bridgehead atoms. The van der Waals surface area contributed by atoms with Crippen LogP contribution in [-0.4, -0.2) is 26.4 Å². The van der Waals surface area contributed by atoms with E-state index in [1.807, 2.05) is 30.3 Å². The molecule has 0 spiro atoms. The first-order valence-corrected chi connectivity index (χ1v) is 9.21. The summed E-state index contributed by atoms with van der Waals surface area (Å²) in [6, 6.07) is 11.4. The summed E-state index contributed by atoms with van der Waals surface area (Å²) in [5, 5.41) is 5.38. The van der Waals surface area contributed by atoms with Crippen molar-refractivity contribution >= 4 is 15.7 Å². The summed E-state index contributed by atoms with van der Waals surface area (Å²) >= 11 is 0. The van der Waals surface area contributed by atoms with Crippen LogP contribution >= 0.6 is 0 Å². The van der Waals surface area contributed by atoms with Crippen LogP contribution in [0.3, 0.4) is 0 Å². The highest BCUT2D eigenvalue weighted by Crippen LogP contribution is 2.37. The minimum Gasteiger partial charge on any atom is -0.397 e. The molecule has 1 aliphatic rings. The van der Waals surface area contributed by atoms with Crippen molar-refractivity contribution in [1.82, 2.24) is 4.90 Å². The van der Waals surface area contributed by atoms with Crippen molar-refractivity contribution in [2.24, 2.45) is 5.14 Å². The Morgan fingerprint density at radius 1 is 1.17 bits per heavy atom. The molecule has 1 heterocycles. The molecule has 0 radical (unpaired) electrons. The number of rotatable bonds is 3. The van der Waals surface area contributed by atoms with Gasteiger partial charge in [0.2, 0.25) is 10.0 Å². The van der Waals surface area contributed by atoms with E-state index in [2.05, 4.69) is 11.8 Å². The van der Waals surface area contributed by atoms with Gasteiger partial charge in [0.25, 0.3) is 0 Å².